The van der Waals surface area contributed by atoms with Crippen LogP contribution in [-0.4, -0.2) is 23.0 Å². The van der Waals surface area contributed by atoms with Crippen molar-refractivity contribution in [3.8, 4) is 0 Å². The van der Waals surface area contributed by atoms with E-state index < -0.39 is 30.2 Å². The number of esters is 2. The first kappa shape index (κ1) is 11.4. The summed E-state index contributed by atoms with van der Waals surface area (Å²) in [5, 5.41) is 8.36. The molecule has 0 aliphatic rings. The van der Waals surface area contributed by atoms with Gasteiger partial charge >= 0.3 is 17.9 Å². The average Bonchev–Trinajstić information content (AvgIpc) is 1.98. The largest absolute Gasteiger partial charge is 0.481 e. The number of carbonyl (C=O) groups is 3. The first-order chi connectivity index (χ1) is 5.97. The fourth-order valence-electron chi connectivity index (χ4n) is 0.668. The summed E-state index contributed by atoms with van der Waals surface area (Å²) in [5.74, 6) is -3.76. The highest BCUT2D eigenvalue weighted by Gasteiger charge is 2.20. The smallest absolute Gasteiger partial charge is 0.321 e. The number of hydrogen-bond acceptors (Lipinski definition) is 4. The van der Waals surface area contributed by atoms with Gasteiger partial charge < -0.3 is 9.84 Å². The molecular weight excluding hydrogens is 176 g/mol. The standard InChI is InChI=1S/C8H10O5/c1-3-6(4-7(10)11)8(12)13-5(2)9/h3,6H,1,4H2,2H3,(H,10,11). The Morgan fingerprint density at radius 2 is 2.08 bits per heavy atom. The van der Waals surface area contributed by atoms with Gasteiger partial charge in [-0.1, -0.05) is 6.08 Å². The van der Waals surface area contributed by atoms with Crippen molar-refractivity contribution in [3.05, 3.63) is 12.7 Å². The summed E-state index contributed by atoms with van der Waals surface area (Å²) in [6.45, 7) is 4.34. The van der Waals surface area contributed by atoms with E-state index in [0.717, 1.165) is 13.0 Å². The Labute approximate surface area is 75.0 Å². The van der Waals surface area contributed by atoms with Crippen molar-refractivity contribution < 1.29 is 24.2 Å². The predicted molar refractivity (Wildman–Crippen MR) is 42.7 cm³/mol. The van der Waals surface area contributed by atoms with E-state index in [4.69, 9.17) is 5.11 Å². The van der Waals surface area contributed by atoms with E-state index in [2.05, 4.69) is 11.3 Å². The van der Waals surface area contributed by atoms with Crippen molar-refractivity contribution in [2.45, 2.75) is 13.3 Å². The van der Waals surface area contributed by atoms with Crippen molar-refractivity contribution in [3.63, 3.8) is 0 Å². The van der Waals surface area contributed by atoms with Crippen LogP contribution < -0.4 is 0 Å². The maximum absolute atomic E-state index is 10.9. The highest BCUT2D eigenvalue weighted by Crippen LogP contribution is 2.06. The molecule has 0 aromatic heterocycles. The molecule has 72 valence electrons. The van der Waals surface area contributed by atoms with Gasteiger partial charge in [-0.05, 0) is 0 Å². The Balaban J connectivity index is 4.23. The van der Waals surface area contributed by atoms with Crippen LogP contribution in [0.4, 0.5) is 0 Å². The fourth-order valence-corrected chi connectivity index (χ4v) is 0.668. The van der Waals surface area contributed by atoms with Gasteiger partial charge in [0, 0.05) is 6.92 Å². The lowest BCUT2D eigenvalue weighted by Crippen LogP contribution is -2.20. The van der Waals surface area contributed by atoms with E-state index in [-0.39, 0.29) is 0 Å². The molecule has 0 saturated heterocycles. The summed E-state index contributed by atoms with van der Waals surface area (Å²) in [6.07, 6.45) is 0.717. The van der Waals surface area contributed by atoms with Crippen molar-refractivity contribution in [2.24, 2.45) is 5.92 Å². The molecule has 0 radical (unpaired) electrons. The maximum atomic E-state index is 10.9. The molecule has 0 rings (SSSR count). The molecule has 0 saturated carbocycles. The van der Waals surface area contributed by atoms with Crippen molar-refractivity contribution >= 4 is 17.9 Å². The number of rotatable bonds is 4. The molecule has 0 aliphatic heterocycles. The van der Waals surface area contributed by atoms with Crippen LogP contribution >= 0.6 is 0 Å². The van der Waals surface area contributed by atoms with Crippen molar-refractivity contribution in [2.75, 3.05) is 0 Å². The molecule has 0 aromatic rings. The summed E-state index contributed by atoms with van der Waals surface area (Å²) in [5.41, 5.74) is 0. The van der Waals surface area contributed by atoms with Gasteiger partial charge in [-0.25, -0.2) is 0 Å². The first-order valence-corrected chi connectivity index (χ1v) is 3.54. The van der Waals surface area contributed by atoms with E-state index in [9.17, 15) is 14.4 Å². The van der Waals surface area contributed by atoms with Crippen molar-refractivity contribution in [1.82, 2.24) is 0 Å². The third-order valence-electron chi connectivity index (χ3n) is 1.23. The molecule has 13 heavy (non-hydrogen) atoms. The zero-order valence-electron chi connectivity index (χ0n) is 7.15. The Kier molecular flexibility index (Phi) is 4.43. The summed E-state index contributed by atoms with van der Waals surface area (Å²) < 4.78 is 4.19. The summed E-state index contributed by atoms with van der Waals surface area (Å²) >= 11 is 0. The minimum absolute atomic E-state index is 0.421. The molecule has 0 bridgehead atoms. The lowest BCUT2D eigenvalue weighted by Gasteiger charge is -2.06. The Hall–Kier alpha value is -1.65. The van der Waals surface area contributed by atoms with Crippen LogP contribution in [0.5, 0.6) is 0 Å². The fraction of sp³-hybridized carbons (Fsp3) is 0.375. The summed E-state index contributed by atoms with van der Waals surface area (Å²) in [6, 6.07) is 0. The zero-order valence-corrected chi connectivity index (χ0v) is 7.15. The topological polar surface area (TPSA) is 80.7 Å². The number of carboxylic acids is 1. The molecule has 1 unspecified atom stereocenters. The van der Waals surface area contributed by atoms with Crippen molar-refractivity contribution in [1.29, 1.82) is 0 Å². The molecular formula is C8H10O5. The maximum Gasteiger partial charge on any atom is 0.321 e. The third kappa shape index (κ3) is 4.73. The number of carboxylic acid groups (broad SMARTS) is 1. The minimum atomic E-state index is -1.15. The Morgan fingerprint density at radius 1 is 1.54 bits per heavy atom. The van der Waals surface area contributed by atoms with Crippen LogP contribution in [0.1, 0.15) is 13.3 Å². The van der Waals surface area contributed by atoms with E-state index in [1.165, 1.54) is 0 Å². The van der Waals surface area contributed by atoms with Gasteiger partial charge in [0.25, 0.3) is 0 Å². The first-order valence-electron chi connectivity index (χ1n) is 3.54. The monoisotopic (exact) mass is 186 g/mol. The van der Waals surface area contributed by atoms with Gasteiger partial charge in [0.2, 0.25) is 0 Å². The molecule has 5 nitrogen and oxygen atoms in total. The second kappa shape index (κ2) is 5.08. The molecule has 1 N–H and O–H groups in total. The van der Waals surface area contributed by atoms with Gasteiger partial charge in [0.05, 0.1) is 12.3 Å². The van der Waals surface area contributed by atoms with E-state index in [1.807, 2.05) is 0 Å². The summed E-state index contributed by atoms with van der Waals surface area (Å²) in [4.78, 5) is 31.5. The second-order valence-electron chi connectivity index (χ2n) is 2.35. The second-order valence-corrected chi connectivity index (χ2v) is 2.35. The molecule has 1 atom stereocenters. The molecule has 0 aliphatic carbocycles. The number of carbonyl (C=O) groups excluding carboxylic acids is 2. The average molecular weight is 186 g/mol. The van der Waals surface area contributed by atoms with Crippen LogP contribution in [0.2, 0.25) is 0 Å². The van der Waals surface area contributed by atoms with Crippen LogP contribution in [0.15, 0.2) is 12.7 Å². The third-order valence-corrected chi connectivity index (χ3v) is 1.23. The summed E-state index contributed by atoms with van der Waals surface area (Å²) in [7, 11) is 0. The SMILES string of the molecule is C=CC(CC(=O)O)C(=O)OC(C)=O. The zero-order chi connectivity index (χ0) is 10.4. The van der Waals surface area contributed by atoms with Gasteiger partial charge in [0.1, 0.15) is 0 Å². The molecule has 0 heterocycles. The van der Waals surface area contributed by atoms with Gasteiger partial charge in [0.15, 0.2) is 0 Å². The number of aliphatic carboxylic acids is 1. The molecule has 0 spiro atoms. The molecule has 0 fully saturated rings. The van der Waals surface area contributed by atoms with Crippen LogP contribution in [-0.2, 0) is 19.1 Å². The lowest BCUT2D eigenvalue weighted by molar-refractivity contribution is -0.161. The normalized spacial score (nSPS) is 11.5. The van der Waals surface area contributed by atoms with Crippen LogP contribution in [0.3, 0.4) is 0 Å². The Morgan fingerprint density at radius 3 is 2.38 bits per heavy atom. The highest BCUT2D eigenvalue weighted by atomic mass is 16.6. The van der Waals surface area contributed by atoms with Crippen LogP contribution in [0.25, 0.3) is 0 Å². The lowest BCUT2D eigenvalue weighted by atomic mass is 10.1. The number of hydrogen-bond donors (Lipinski definition) is 1. The molecule has 0 aromatic carbocycles. The van der Waals surface area contributed by atoms with E-state index >= 15 is 0 Å². The van der Waals surface area contributed by atoms with Crippen LogP contribution in [0, 0.1) is 5.92 Å². The molecule has 5 heteroatoms. The number of ether oxygens (including phenoxy) is 1. The van der Waals surface area contributed by atoms with Gasteiger partial charge in [-0.3, -0.25) is 14.4 Å². The van der Waals surface area contributed by atoms with E-state index in [0.29, 0.717) is 0 Å². The van der Waals surface area contributed by atoms with Gasteiger partial charge in [-0.15, -0.1) is 6.58 Å². The minimum Gasteiger partial charge on any atom is -0.481 e. The Bertz CT molecular complexity index is 243. The van der Waals surface area contributed by atoms with Gasteiger partial charge in [-0.2, -0.15) is 0 Å². The highest BCUT2D eigenvalue weighted by molar-refractivity contribution is 5.88. The van der Waals surface area contributed by atoms with E-state index in [1.54, 1.807) is 0 Å². The molecule has 0 amide bonds. The quantitative estimate of drug-likeness (QED) is 0.389. The predicted octanol–water partition coefficient (Wildman–Crippen LogP) is 0.353.